The van der Waals surface area contributed by atoms with E-state index in [-0.39, 0.29) is 0 Å². The van der Waals surface area contributed by atoms with Crippen LogP contribution in [0.5, 0.6) is 0 Å². The van der Waals surface area contributed by atoms with Crippen molar-refractivity contribution in [2.75, 3.05) is 0 Å². The molecule has 4 aromatic heterocycles. The van der Waals surface area contributed by atoms with Gasteiger partial charge in [-0.3, -0.25) is 0 Å². The topological polar surface area (TPSA) is 27.9 Å². The van der Waals surface area contributed by atoms with Crippen molar-refractivity contribution in [2.24, 2.45) is 0 Å². The first kappa shape index (κ1) is 54.4. The molecule has 0 aliphatic heterocycles. The highest BCUT2D eigenvalue weighted by atomic mass is 16.3. The second kappa shape index (κ2) is 22.8. The molecule has 0 N–H and O–H groups in total. The third-order valence-corrected chi connectivity index (χ3v) is 19.0. The molecule has 19 aromatic rings. The zero-order valence-electron chi connectivity index (χ0n) is 51.3. The van der Waals surface area contributed by atoms with Gasteiger partial charge in [0.05, 0.1) is 33.1 Å². The highest BCUT2D eigenvalue weighted by molar-refractivity contribution is 6.15. The first-order valence-electron chi connectivity index (χ1n) is 32.2. The fourth-order valence-corrected chi connectivity index (χ4v) is 14.4. The zero-order chi connectivity index (χ0) is 62.1. The molecule has 0 saturated heterocycles. The van der Waals surface area contributed by atoms with Gasteiger partial charge < -0.3 is 18.1 Å². The lowest BCUT2D eigenvalue weighted by molar-refractivity contribution is 0.670. The van der Waals surface area contributed by atoms with E-state index in [9.17, 15) is 0 Å². The predicted molar refractivity (Wildman–Crippen MR) is 396 cm³/mol. The highest BCUT2D eigenvalue weighted by Gasteiger charge is 2.20. The third kappa shape index (κ3) is 9.38. The summed E-state index contributed by atoms with van der Waals surface area (Å²) in [6, 6.07) is 129. The number of hydrogen-bond acceptors (Lipinski definition) is 1. The van der Waals surface area contributed by atoms with Crippen LogP contribution in [0, 0.1) is 0 Å². The molecule has 4 nitrogen and oxygen atoms in total. The van der Waals surface area contributed by atoms with Crippen LogP contribution < -0.4 is 0 Å². The van der Waals surface area contributed by atoms with E-state index < -0.39 is 0 Å². The van der Waals surface area contributed by atoms with E-state index in [2.05, 4.69) is 359 Å². The first-order valence-corrected chi connectivity index (χ1v) is 32.2. The maximum absolute atomic E-state index is 6.38. The van der Waals surface area contributed by atoms with Gasteiger partial charge >= 0.3 is 0 Å². The van der Waals surface area contributed by atoms with Gasteiger partial charge in [0.25, 0.3) is 0 Å². The van der Waals surface area contributed by atoms with Gasteiger partial charge in [0.15, 0.2) is 0 Å². The zero-order valence-corrected chi connectivity index (χ0v) is 51.3. The summed E-state index contributed by atoms with van der Waals surface area (Å²) >= 11 is 0. The second-order valence-electron chi connectivity index (χ2n) is 24.4. The minimum atomic E-state index is 0.920. The fraction of sp³-hybridized carbons (Fsp3) is 0. The molecular formula is C90H59N3O. The summed E-state index contributed by atoms with van der Waals surface area (Å²) in [6.45, 7) is 0. The molecule has 0 atom stereocenters. The minimum Gasteiger partial charge on any atom is -0.455 e. The summed E-state index contributed by atoms with van der Waals surface area (Å²) in [7, 11) is 0. The van der Waals surface area contributed by atoms with Gasteiger partial charge in [0.1, 0.15) is 11.2 Å². The Hall–Kier alpha value is -12.5. The van der Waals surface area contributed by atoms with Gasteiger partial charge in [-0.05, 0) is 158 Å². The second-order valence-corrected chi connectivity index (χ2v) is 24.4. The van der Waals surface area contributed by atoms with E-state index in [0.717, 1.165) is 50.1 Å². The molecule has 0 unspecified atom stereocenters. The largest absolute Gasteiger partial charge is 0.455 e. The van der Waals surface area contributed by atoms with Crippen LogP contribution in [0.3, 0.4) is 0 Å². The van der Waals surface area contributed by atoms with E-state index in [0.29, 0.717) is 0 Å². The molecule has 4 heteroatoms. The Balaban J connectivity index is 0.000000139. The maximum atomic E-state index is 6.38. The summed E-state index contributed by atoms with van der Waals surface area (Å²) in [6.07, 6.45) is 0. The van der Waals surface area contributed by atoms with Crippen molar-refractivity contribution in [1.82, 2.24) is 13.7 Å². The molecule has 0 saturated carbocycles. The number of para-hydroxylation sites is 5. The number of furan rings is 1. The lowest BCUT2D eigenvalue weighted by atomic mass is 10.00. The molecule has 19 rings (SSSR count). The predicted octanol–water partition coefficient (Wildman–Crippen LogP) is 24.6. The first-order chi connectivity index (χ1) is 46.6. The molecule has 0 aliphatic rings. The number of aromatic nitrogens is 3. The summed E-state index contributed by atoms with van der Waals surface area (Å²) < 4.78 is 13.6. The smallest absolute Gasteiger partial charge is 0.143 e. The molecule has 94 heavy (non-hydrogen) atoms. The molecule has 440 valence electrons. The van der Waals surface area contributed by atoms with Crippen LogP contribution in [-0.2, 0) is 0 Å². The summed E-state index contributed by atoms with van der Waals surface area (Å²) in [5.74, 6) is 0. The summed E-state index contributed by atoms with van der Waals surface area (Å²) in [5, 5.41) is 9.79. The molecule has 15 aromatic carbocycles. The molecular weight excluding hydrogens is 1140 g/mol. The molecule has 0 spiro atoms. The Bertz CT molecular complexity index is 6050. The third-order valence-electron chi connectivity index (χ3n) is 19.0. The monoisotopic (exact) mass is 1200 g/mol. The molecule has 0 bridgehead atoms. The Morgan fingerprint density at radius 3 is 0.957 bits per heavy atom. The lowest BCUT2D eigenvalue weighted by Gasteiger charge is -2.11. The molecule has 0 radical (unpaired) electrons. The standard InChI is InChI=1S/C48H32N2.C42H27NO/c1-3-12-33(13-4-1)35-22-26-39(27-23-35)49-45-20-9-7-18-41(45)43-31-37(24-28-47(43)49)38-25-29-48-44(32-38)42-19-8-10-21-46(42)50(48)40-17-11-16-36(30-40)34-14-5-2-6-15-34;1-2-9-28(10-3-1)29-17-19-30(20-18-29)31-21-24-33(25-22-31)43-39-15-6-4-11-35(39)38-27-32(23-26-40(38)43)34-13-8-14-37-36-12-5-7-16-41(36)44-42(34)37/h1-32H;1-27H. The van der Waals surface area contributed by atoms with E-state index in [1.165, 1.54) is 121 Å². The van der Waals surface area contributed by atoms with Crippen molar-refractivity contribution >= 4 is 87.4 Å². The number of benzene rings is 15. The van der Waals surface area contributed by atoms with Crippen molar-refractivity contribution in [1.29, 1.82) is 0 Å². The number of hydrogen-bond donors (Lipinski definition) is 0. The Morgan fingerprint density at radius 1 is 0.170 bits per heavy atom. The Morgan fingerprint density at radius 2 is 0.479 bits per heavy atom. The van der Waals surface area contributed by atoms with Crippen LogP contribution in [0.2, 0.25) is 0 Å². The van der Waals surface area contributed by atoms with E-state index >= 15 is 0 Å². The highest BCUT2D eigenvalue weighted by Crippen LogP contribution is 2.42. The van der Waals surface area contributed by atoms with Crippen molar-refractivity contribution in [3.63, 3.8) is 0 Å². The van der Waals surface area contributed by atoms with Gasteiger partial charge in [-0.1, -0.05) is 261 Å². The van der Waals surface area contributed by atoms with Crippen molar-refractivity contribution < 1.29 is 4.42 Å². The van der Waals surface area contributed by atoms with Crippen LogP contribution >= 0.6 is 0 Å². The minimum absolute atomic E-state index is 0.920. The summed E-state index contributed by atoms with van der Waals surface area (Å²) in [5.41, 5.74) is 27.0. The Kier molecular flexibility index (Phi) is 13.2. The van der Waals surface area contributed by atoms with Crippen LogP contribution in [0.1, 0.15) is 0 Å². The molecule has 0 aliphatic carbocycles. The van der Waals surface area contributed by atoms with E-state index in [1.54, 1.807) is 0 Å². The van der Waals surface area contributed by atoms with Gasteiger partial charge in [-0.25, -0.2) is 0 Å². The van der Waals surface area contributed by atoms with Gasteiger partial charge in [0, 0.05) is 65.7 Å². The average molecular weight is 1200 g/mol. The number of fused-ring (bicyclic) bond motifs is 12. The number of nitrogens with zero attached hydrogens (tertiary/aromatic N) is 3. The SMILES string of the molecule is c1ccc(-c2ccc(-c3ccc(-n4c5ccccc5c5cc(-c6cccc7c6oc6ccccc67)ccc54)cc3)cc2)cc1.c1ccc(-c2ccc(-n3c4ccccc4c4cc(-c5ccc6c(c5)c5ccccc5n6-c5cccc(-c6ccccc6)c5)ccc43)cc2)cc1. The van der Waals surface area contributed by atoms with Crippen LogP contribution in [-0.4, -0.2) is 13.7 Å². The maximum Gasteiger partial charge on any atom is 0.143 e. The quantitative estimate of drug-likeness (QED) is 0.142. The van der Waals surface area contributed by atoms with Gasteiger partial charge in [-0.15, -0.1) is 0 Å². The number of rotatable bonds is 9. The molecule has 0 amide bonds. The van der Waals surface area contributed by atoms with Crippen molar-refractivity contribution in [3.05, 3.63) is 358 Å². The summed E-state index contributed by atoms with van der Waals surface area (Å²) in [4.78, 5) is 0. The van der Waals surface area contributed by atoms with Gasteiger partial charge in [0.2, 0.25) is 0 Å². The molecule has 0 fully saturated rings. The lowest BCUT2D eigenvalue weighted by Crippen LogP contribution is -1.94. The average Bonchev–Trinajstić information content (AvgIpc) is 1.61. The molecule has 4 heterocycles. The van der Waals surface area contributed by atoms with E-state index in [4.69, 9.17) is 4.42 Å². The van der Waals surface area contributed by atoms with Crippen molar-refractivity contribution in [3.8, 4) is 83.8 Å². The van der Waals surface area contributed by atoms with Crippen LogP contribution in [0.25, 0.3) is 171 Å². The van der Waals surface area contributed by atoms with Crippen molar-refractivity contribution in [2.45, 2.75) is 0 Å². The van der Waals surface area contributed by atoms with Crippen LogP contribution in [0.15, 0.2) is 362 Å². The van der Waals surface area contributed by atoms with Crippen LogP contribution in [0.4, 0.5) is 0 Å². The van der Waals surface area contributed by atoms with Gasteiger partial charge in [-0.2, -0.15) is 0 Å². The fourth-order valence-electron chi connectivity index (χ4n) is 14.4. The Labute approximate surface area is 544 Å². The van der Waals surface area contributed by atoms with E-state index in [1.807, 2.05) is 12.1 Å². The normalized spacial score (nSPS) is 11.6.